The van der Waals surface area contributed by atoms with Crippen molar-refractivity contribution in [1.29, 1.82) is 0 Å². The van der Waals surface area contributed by atoms with E-state index in [4.69, 9.17) is 10.2 Å². The van der Waals surface area contributed by atoms with Crippen LogP contribution < -0.4 is 0 Å². The molecule has 0 radical (unpaired) electrons. The van der Waals surface area contributed by atoms with E-state index in [-0.39, 0.29) is 6.42 Å². The Morgan fingerprint density at radius 1 is 1.25 bits per heavy atom. The lowest BCUT2D eigenvalue weighted by atomic mass is 9.93. The highest BCUT2D eigenvalue weighted by Gasteiger charge is 2.16. The monoisotopic (exact) mass is 222 g/mol. The second-order valence-electron chi connectivity index (χ2n) is 3.65. The first-order valence-electron chi connectivity index (χ1n) is 5.04. The van der Waals surface area contributed by atoms with Crippen LogP contribution in [0.25, 0.3) is 0 Å². The largest absolute Gasteiger partial charge is 0.481 e. The van der Waals surface area contributed by atoms with Crippen LogP contribution in [0, 0.1) is 0 Å². The number of rotatable bonds is 5. The van der Waals surface area contributed by atoms with Crippen LogP contribution >= 0.6 is 0 Å². The first-order chi connectivity index (χ1) is 7.52. The Morgan fingerprint density at radius 3 is 2.44 bits per heavy atom. The summed E-state index contributed by atoms with van der Waals surface area (Å²) in [5.74, 6) is -2.38. The van der Waals surface area contributed by atoms with Crippen LogP contribution in [-0.2, 0) is 16.0 Å². The highest BCUT2D eigenvalue weighted by Crippen LogP contribution is 2.21. The molecule has 0 aliphatic carbocycles. The van der Waals surface area contributed by atoms with E-state index < -0.39 is 17.9 Å². The molecule has 0 bridgehead atoms. The number of carboxylic acid groups (broad SMARTS) is 2. The quantitative estimate of drug-likeness (QED) is 0.797. The molecule has 2 N–H and O–H groups in total. The molecule has 1 aromatic carbocycles. The van der Waals surface area contributed by atoms with Crippen molar-refractivity contribution in [1.82, 2.24) is 0 Å². The fourth-order valence-electron chi connectivity index (χ4n) is 1.56. The van der Waals surface area contributed by atoms with Crippen LogP contribution in [0.4, 0.5) is 0 Å². The van der Waals surface area contributed by atoms with E-state index in [0.29, 0.717) is 12.0 Å². The fraction of sp³-hybridized carbons (Fsp3) is 0.333. The SMILES string of the molecule is CC(C(=O)O)c1ccccc1CCC(=O)O. The van der Waals surface area contributed by atoms with Gasteiger partial charge in [-0.2, -0.15) is 0 Å². The van der Waals surface area contributed by atoms with Gasteiger partial charge in [-0.25, -0.2) is 0 Å². The van der Waals surface area contributed by atoms with Crippen LogP contribution in [-0.4, -0.2) is 22.2 Å². The van der Waals surface area contributed by atoms with Crippen molar-refractivity contribution in [3.05, 3.63) is 35.4 Å². The van der Waals surface area contributed by atoms with Crippen LogP contribution in [0.2, 0.25) is 0 Å². The van der Waals surface area contributed by atoms with Gasteiger partial charge < -0.3 is 10.2 Å². The van der Waals surface area contributed by atoms with E-state index in [1.807, 2.05) is 0 Å². The smallest absolute Gasteiger partial charge is 0.310 e. The molecule has 0 aromatic heterocycles. The van der Waals surface area contributed by atoms with Gasteiger partial charge in [-0.1, -0.05) is 24.3 Å². The van der Waals surface area contributed by atoms with Gasteiger partial charge in [0.25, 0.3) is 0 Å². The Bertz CT molecular complexity index is 398. The second-order valence-corrected chi connectivity index (χ2v) is 3.65. The summed E-state index contributed by atoms with van der Waals surface area (Å²) in [6.45, 7) is 1.60. The summed E-state index contributed by atoms with van der Waals surface area (Å²) in [6.07, 6.45) is 0.381. The molecule has 0 aliphatic heterocycles. The minimum atomic E-state index is -0.900. The Morgan fingerprint density at radius 2 is 1.88 bits per heavy atom. The summed E-state index contributed by atoms with van der Waals surface area (Å²) >= 11 is 0. The second kappa shape index (κ2) is 5.30. The van der Waals surface area contributed by atoms with Crippen molar-refractivity contribution in [2.24, 2.45) is 0 Å². The molecule has 1 aromatic rings. The lowest BCUT2D eigenvalue weighted by Gasteiger charge is -2.12. The fourth-order valence-corrected chi connectivity index (χ4v) is 1.56. The van der Waals surface area contributed by atoms with Crippen LogP contribution in [0.15, 0.2) is 24.3 Å². The number of aryl methyl sites for hydroxylation is 1. The summed E-state index contributed by atoms with van der Waals surface area (Å²) in [5.41, 5.74) is 1.48. The Kier molecular flexibility index (Phi) is 4.05. The van der Waals surface area contributed by atoms with Crippen molar-refractivity contribution in [3.8, 4) is 0 Å². The molecule has 4 nitrogen and oxygen atoms in total. The highest BCUT2D eigenvalue weighted by molar-refractivity contribution is 5.76. The molecule has 0 heterocycles. The first-order valence-corrected chi connectivity index (χ1v) is 5.04. The van der Waals surface area contributed by atoms with Crippen molar-refractivity contribution in [3.63, 3.8) is 0 Å². The number of benzene rings is 1. The molecule has 0 spiro atoms. The minimum Gasteiger partial charge on any atom is -0.481 e. The molecule has 86 valence electrons. The normalized spacial score (nSPS) is 12.1. The Hall–Kier alpha value is -1.84. The van der Waals surface area contributed by atoms with Crippen molar-refractivity contribution >= 4 is 11.9 Å². The minimum absolute atomic E-state index is 0.0172. The van der Waals surface area contributed by atoms with Gasteiger partial charge in [-0.15, -0.1) is 0 Å². The predicted octanol–water partition coefficient (Wildman–Crippen LogP) is 1.89. The van der Waals surface area contributed by atoms with E-state index in [1.54, 1.807) is 31.2 Å². The molecule has 0 fully saturated rings. The van der Waals surface area contributed by atoms with Gasteiger partial charge in [0, 0.05) is 6.42 Å². The van der Waals surface area contributed by atoms with Gasteiger partial charge in [0.1, 0.15) is 0 Å². The molecule has 0 aliphatic rings. The number of hydrogen-bond acceptors (Lipinski definition) is 2. The van der Waals surface area contributed by atoms with Gasteiger partial charge in [-0.3, -0.25) is 9.59 Å². The average Bonchev–Trinajstić information content (AvgIpc) is 2.25. The first kappa shape index (κ1) is 12.2. The number of carboxylic acids is 2. The molecule has 0 saturated heterocycles. The third kappa shape index (κ3) is 3.08. The molecule has 0 saturated carbocycles. The molecular weight excluding hydrogens is 208 g/mol. The summed E-state index contributed by atoms with van der Waals surface area (Å²) in [6, 6.07) is 7.06. The number of carbonyl (C=O) groups is 2. The summed E-state index contributed by atoms with van der Waals surface area (Å²) < 4.78 is 0. The van der Waals surface area contributed by atoms with Gasteiger partial charge in [-0.05, 0) is 24.5 Å². The van der Waals surface area contributed by atoms with E-state index in [0.717, 1.165) is 5.56 Å². The third-order valence-corrected chi connectivity index (χ3v) is 2.50. The van der Waals surface area contributed by atoms with Crippen LogP contribution in [0.1, 0.15) is 30.4 Å². The average molecular weight is 222 g/mol. The topological polar surface area (TPSA) is 74.6 Å². The van der Waals surface area contributed by atoms with Crippen molar-refractivity contribution in [2.75, 3.05) is 0 Å². The van der Waals surface area contributed by atoms with Crippen molar-refractivity contribution < 1.29 is 19.8 Å². The summed E-state index contributed by atoms with van der Waals surface area (Å²) in [4.78, 5) is 21.3. The van der Waals surface area contributed by atoms with E-state index >= 15 is 0 Å². The summed E-state index contributed by atoms with van der Waals surface area (Å²) in [5, 5.41) is 17.5. The number of hydrogen-bond donors (Lipinski definition) is 2. The lowest BCUT2D eigenvalue weighted by Crippen LogP contribution is -2.10. The standard InChI is InChI=1S/C12H14O4/c1-8(12(15)16)10-5-3-2-4-9(10)6-7-11(13)14/h2-5,8H,6-7H2,1H3,(H,13,14)(H,15,16). The van der Waals surface area contributed by atoms with E-state index in [2.05, 4.69) is 0 Å². The molecule has 0 amide bonds. The maximum Gasteiger partial charge on any atom is 0.310 e. The van der Waals surface area contributed by atoms with Gasteiger partial charge >= 0.3 is 11.9 Å². The Labute approximate surface area is 93.5 Å². The predicted molar refractivity (Wildman–Crippen MR) is 58.4 cm³/mol. The van der Waals surface area contributed by atoms with Crippen molar-refractivity contribution in [2.45, 2.75) is 25.7 Å². The highest BCUT2D eigenvalue weighted by atomic mass is 16.4. The maximum atomic E-state index is 10.9. The molecule has 16 heavy (non-hydrogen) atoms. The molecule has 1 atom stereocenters. The zero-order chi connectivity index (χ0) is 12.1. The molecular formula is C12H14O4. The van der Waals surface area contributed by atoms with E-state index in [9.17, 15) is 9.59 Å². The number of aliphatic carboxylic acids is 2. The lowest BCUT2D eigenvalue weighted by molar-refractivity contribution is -0.138. The summed E-state index contributed by atoms with van der Waals surface area (Å²) in [7, 11) is 0. The Balaban J connectivity index is 2.91. The van der Waals surface area contributed by atoms with Gasteiger partial charge in [0.05, 0.1) is 5.92 Å². The van der Waals surface area contributed by atoms with Crippen LogP contribution in [0.3, 0.4) is 0 Å². The zero-order valence-corrected chi connectivity index (χ0v) is 9.01. The van der Waals surface area contributed by atoms with E-state index in [1.165, 1.54) is 0 Å². The molecule has 1 rings (SSSR count). The molecule has 1 unspecified atom stereocenters. The van der Waals surface area contributed by atoms with Crippen LogP contribution in [0.5, 0.6) is 0 Å². The van der Waals surface area contributed by atoms with Gasteiger partial charge in [0.15, 0.2) is 0 Å². The molecule has 4 heteroatoms. The van der Waals surface area contributed by atoms with Gasteiger partial charge in [0.2, 0.25) is 0 Å². The third-order valence-electron chi connectivity index (χ3n) is 2.50. The maximum absolute atomic E-state index is 10.9. The zero-order valence-electron chi connectivity index (χ0n) is 9.01.